The van der Waals surface area contributed by atoms with Crippen molar-refractivity contribution in [3.63, 3.8) is 0 Å². The quantitative estimate of drug-likeness (QED) is 0.371. The van der Waals surface area contributed by atoms with Crippen LogP contribution in [0.1, 0.15) is 48.2 Å². The molecule has 0 bridgehead atoms. The van der Waals surface area contributed by atoms with Crippen LogP contribution in [-0.4, -0.2) is 19.9 Å². The zero-order valence-corrected chi connectivity index (χ0v) is 15.7. The maximum absolute atomic E-state index is 13.3. The summed E-state index contributed by atoms with van der Waals surface area (Å²) < 4.78 is 53.2. The number of rotatable bonds is 0. The Balaban J connectivity index is 0.000000161. The van der Waals surface area contributed by atoms with Gasteiger partial charge in [0, 0.05) is 24.0 Å². The van der Waals surface area contributed by atoms with E-state index in [2.05, 4.69) is 9.97 Å². The summed E-state index contributed by atoms with van der Waals surface area (Å²) in [7, 11) is 0. The molecule has 2 aromatic heterocycles. The smallest absolute Gasteiger partial charge is 0.305 e. The molecule has 12 heteroatoms. The number of nitrogens with zero attached hydrogens (tertiary/aromatic N) is 2. The fourth-order valence-corrected chi connectivity index (χ4v) is 3.71. The second-order valence-corrected chi connectivity index (χ2v) is 7.18. The molecule has 0 amide bonds. The Labute approximate surface area is 165 Å². The lowest BCUT2D eigenvalue weighted by atomic mass is 9.94. The van der Waals surface area contributed by atoms with Gasteiger partial charge in [0.15, 0.2) is 0 Å². The molecule has 2 aromatic rings. The Morgan fingerprint density at radius 3 is 2.14 bits per heavy atom. The molecule has 2 N–H and O–H groups in total. The molecule has 2 aliphatic rings. The van der Waals surface area contributed by atoms with E-state index in [-0.39, 0.29) is 47.4 Å². The van der Waals surface area contributed by atoms with Crippen molar-refractivity contribution in [3.8, 4) is 0 Å². The summed E-state index contributed by atoms with van der Waals surface area (Å²) in [5.41, 5.74) is -2.09. The fraction of sp³-hybridized carbons (Fsp3) is 0.500. The molecule has 6 nitrogen and oxygen atoms in total. The second-order valence-electron chi connectivity index (χ2n) is 6.49. The van der Waals surface area contributed by atoms with Crippen LogP contribution < -0.4 is 11.2 Å². The summed E-state index contributed by atoms with van der Waals surface area (Å²) in [4.78, 5) is 33.1. The lowest BCUT2D eigenvalue weighted by Gasteiger charge is -2.24. The topological polar surface area (TPSA) is 91.5 Å². The molecule has 0 radical (unpaired) electrons. The first-order valence-corrected chi connectivity index (χ1v) is 9.11. The maximum Gasteiger partial charge on any atom is 0.326 e. The van der Waals surface area contributed by atoms with Crippen LogP contribution in [0.5, 0.6) is 0 Å². The van der Waals surface area contributed by atoms with Crippen LogP contribution in [-0.2, 0) is 24.7 Å². The molecule has 0 saturated heterocycles. The third kappa shape index (κ3) is 4.07. The minimum Gasteiger partial charge on any atom is -0.305 e. The number of H-pyrrole nitrogens is 2. The molecule has 0 spiro atoms. The Morgan fingerprint density at radius 2 is 1.46 bits per heavy atom. The van der Waals surface area contributed by atoms with Crippen LogP contribution in [0.15, 0.2) is 9.59 Å². The molecule has 2 aliphatic carbocycles. The van der Waals surface area contributed by atoms with E-state index in [1.165, 1.54) is 0 Å². The highest BCUT2D eigenvalue weighted by atomic mass is 35.5. The summed E-state index contributed by atoms with van der Waals surface area (Å²) in [5, 5.41) is -0.185. The number of aromatic nitrogens is 4. The zero-order valence-electron chi connectivity index (χ0n) is 14.2. The number of aromatic amines is 2. The highest BCUT2D eigenvalue weighted by Crippen LogP contribution is 2.41. The molecule has 0 unspecified atom stereocenters. The highest BCUT2D eigenvalue weighted by Gasteiger charge is 2.40. The number of halogens is 6. The van der Waals surface area contributed by atoms with E-state index < -0.39 is 28.8 Å². The molecule has 0 aliphatic heterocycles. The van der Waals surface area contributed by atoms with E-state index in [9.17, 15) is 27.2 Å². The van der Waals surface area contributed by atoms with Crippen molar-refractivity contribution in [2.45, 2.75) is 50.4 Å². The fourth-order valence-electron chi connectivity index (χ4n) is 3.24. The zero-order chi connectivity index (χ0) is 20.7. The summed E-state index contributed by atoms with van der Waals surface area (Å²) in [5.74, 6) is -6.01. The van der Waals surface area contributed by atoms with E-state index in [4.69, 9.17) is 23.2 Å². The van der Waals surface area contributed by atoms with Crippen LogP contribution in [0.3, 0.4) is 0 Å². The van der Waals surface area contributed by atoms with Crippen molar-refractivity contribution >= 4 is 23.2 Å². The molecule has 28 heavy (non-hydrogen) atoms. The second kappa shape index (κ2) is 7.47. The Hall–Kier alpha value is -1.94. The van der Waals surface area contributed by atoms with Gasteiger partial charge in [-0.2, -0.15) is 17.6 Å². The van der Waals surface area contributed by atoms with Crippen molar-refractivity contribution in [1.82, 2.24) is 19.9 Å². The third-order valence-corrected chi connectivity index (χ3v) is 5.00. The van der Waals surface area contributed by atoms with E-state index in [1.54, 1.807) is 0 Å². The molecule has 152 valence electrons. The minimum atomic E-state index is -3.08. The van der Waals surface area contributed by atoms with Crippen molar-refractivity contribution in [1.29, 1.82) is 0 Å². The highest BCUT2D eigenvalue weighted by molar-refractivity contribution is 6.32. The van der Waals surface area contributed by atoms with Gasteiger partial charge in [0.25, 0.3) is 17.4 Å². The van der Waals surface area contributed by atoms with Crippen molar-refractivity contribution in [2.24, 2.45) is 0 Å². The first-order chi connectivity index (χ1) is 13.0. The standard InChI is InChI=1S/C8H6Cl2F2N2.C8H8F2N2O2/c9-6-4-2-1-3-8(11,12)5(4)13-7(10)14-6;9-8(10)3-1-2-4-5(8)11-7(14)12-6(4)13/h1-3H2;1-3H2,(H2,11,12,13,14). The van der Waals surface area contributed by atoms with Crippen molar-refractivity contribution in [3.05, 3.63) is 53.8 Å². The molecular formula is C16H14Cl2F4N4O2. The van der Waals surface area contributed by atoms with E-state index in [0.717, 1.165) is 0 Å². The van der Waals surface area contributed by atoms with E-state index >= 15 is 0 Å². The lowest BCUT2D eigenvalue weighted by molar-refractivity contribution is -0.0272. The number of hydrogen-bond acceptors (Lipinski definition) is 4. The van der Waals surface area contributed by atoms with Crippen molar-refractivity contribution < 1.29 is 17.6 Å². The summed E-state index contributed by atoms with van der Waals surface area (Å²) in [6.45, 7) is 0. The Bertz CT molecular complexity index is 1020. The minimum absolute atomic E-state index is 0.000787. The molecule has 0 aromatic carbocycles. The van der Waals surface area contributed by atoms with Gasteiger partial charge in [0.1, 0.15) is 10.8 Å². The van der Waals surface area contributed by atoms with Gasteiger partial charge < -0.3 is 4.98 Å². The van der Waals surface area contributed by atoms with E-state index in [0.29, 0.717) is 18.4 Å². The number of fused-ring (bicyclic) bond motifs is 2. The molecule has 0 fully saturated rings. The monoisotopic (exact) mass is 440 g/mol. The Kier molecular flexibility index (Phi) is 5.55. The first-order valence-electron chi connectivity index (χ1n) is 8.35. The molecule has 0 saturated carbocycles. The van der Waals surface area contributed by atoms with Gasteiger partial charge in [-0.1, -0.05) is 11.6 Å². The molecular weight excluding hydrogens is 427 g/mol. The number of hydrogen-bond donors (Lipinski definition) is 2. The predicted molar refractivity (Wildman–Crippen MR) is 93.4 cm³/mol. The number of alkyl halides is 4. The van der Waals surface area contributed by atoms with Crippen LogP contribution in [0.2, 0.25) is 10.4 Å². The maximum atomic E-state index is 13.3. The third-order valence-electron chi connectivity index (χ3n) is 4.52. The van der Waals surface area contributed by atoms with E-state index in [1.807, 2.05) is 9.97 Å². The summed E-state index contributed by atoms with van der Waals surface area (Å²) >= 11 is 11.2. The average Bonchev–Trinajstić information content (AvgIpc) is 2.57. The Morgan fingerprint density at radius 1 is 0.857 bits per heavy atom. The summed E-state index contributed by atoms with van der Waals surface area (Å²) in [6.07, 6.45) is 0.904. The van der Waals surface area contributed by atoms with Crippen LogP contribution in [0.25, 0.3) is 0 Å². The van der Waals surface area contributed by atoms with Gasteiger partial charge in [-0.05, 0) is 37.3 Å². The van der Waals surface area contributed by atoms with Gasteiger partial charge in [0.2, 0.25) is 5.28 Å². The largest absolute Gasteiger partial charge is 0.326 e. The lowest BCUT2D eigenvalue weighted by Crippen LogP contribution is -2.35. The average molecular weight is 441 g/mol. The molecule has 0 atom stereocenters. The summed E-state index contributed by atoms with van der Waals surface area (Å²) in [6, 6.07) is 0. The van der Waals surface area contributed by atoms with Crippen LogP contribution in [0.4, 0.5) is 17.6 Å². The SMILES string of the molecule is FC1(F)CCCc2c(Cl)nc(Cl)nc21.O=c1[nH]c2c(c(=O)[nH]1)CCCC2(F)F. The van der Waals surface area contributed by atoms with Crippen LogP contribution in [0, 0.1) is 0 Å². The van der Waals surface area contributed by atoms with Gasteiger partial charge in [0.05, 0.1) is 5.69 Å². The first kappa shape index (κ1) is 20.8. The van der Waals surface area contributed by atoms with Crippen molar-refractivity contribution in [2.75, 3.05) is 0 Å². The normalized spacial score (nSPS) is 19.1. The van der Waals surface area contributed by atoms with Gasteiger partial charge in [-0.15, -0.1) is 0 Å². The molecule has 2 heterocycles. The van der Waals surface area contributed by atoms with Gasteiger partial charge in [-0.25, -0.2) is 14.8 Å². The predicted octanol–water partition coefficient (Wildman–Crippen LogP) is 3.70. The van der Waals surface area contributed by atoms with Gasteiger partial charge >= 0.3 is 5.69 Å². The molecule has 4 rings (SSSR count). The van der Waals surface area contributed by atoms with Crippen LogP contribution >= 0.6 is 23.2 Å². The van der Waals surface area contributed by atoms with Gasteiger partial charge in [-0.3, -0.25) is 9.78 Å². The number of nitrogens with one attached hydrogen (secondary N) is 2.